The largest absolute Gasteiger partial charge is 0.397 e. The third-order valence-corrected chi connectivity index (χ3v) is 2.62. The van der Waals surface area contributed by atoms with Crippen LogP contribution in [0.15, 0.2) is 18.2 Å². The molecule has 1 rings (SSSR count). The first kappa shape index (κ1) is 13.3. The van der Waals surface area contributed by atoms with Crippen LogP contribution in [-0.2, 0) is 0 Å². The Hall–Kier alpha value is -1.75. The third-order valence-electron chi connectivity index (χ3n) is 2.62. The second-order valence-corrected chi connectivity index (χ2v) is 3.79. The van der Waals surface area contributed by atoms with Crippen LogP contribution < -0.4 is 16.4 Å². The van der Waals surface area contributed by atoms with Crippen LogP contribution in [0.4, 0.5) is 11.4 Å². The molecule has 94 valence electrons. The van der Waals surface area contributed by atoms with Gasteiger partial charge in [0.1, 0.15) is 0 Å². The number of nitrogens with two attached hydrogens (primary N) is 2. The van der Waals surface area contributed by atoms with Crippen LogP contribution in [-0.4, -0.2) is 30.7 Å². The molecule has 0 unspecified atom stereocenters. The smallest absolute Gasteiger partial charge is 0.248 e. The standard InChI is InChI=1S/C12H19N3O2/c1-2-15(6-3-7-16)11-5-4-9(12(14)17)8-10(11)13/h4-5,8,16H,2-3,6-7,13H2,1H3,(H2,14,17). The quantitative estimate of drug-likeness (QED) is 0.631. The van der Waals surface area contributed by atoms with Crippen molar-refractivity contribution in [3.63, 3.8) is 0 Å². The van der Waals surface area contributed by atoms with Gasteiger partial charge in [-0.3, -0.25) is 4.79 Å². The molecule has 5 heteroatoms. The molecule has 0 fully saturated rings. The van der Waals surface area contributed by atoms with Gasteiger partial charge in [-0.15, -0.1) is 0 Å². The number of aliphatic hydroxyl groups excluding tert-OH is 1. The molecule has 17 heavy (non-hydrogen) atoms. The van der Waals surface area contributed by atoms with Crippen molar-refractivity contribution < 1.29 is 9.90 Å². The Labute approximate surface area is 101 Å². The average Bonchev–Trinajstić information content (AvgIpc) is 2.31. The van der Waals surface area contributed by atoms with E-state index in [1.807, 2.05) is 6.92 Å². The number of carbonyl (C=O) groups excluding carboxylic acids is 1. The summed E-state index contributed by atoms with van der Waals surface area (Å²) in [5, 5.41) is 8.82. The van der Waals surface area contributed by atoms with Crippen molar-refractivity contribution in [3.8, 4) is 0 Å². The first-order valence-electron chi connectivity index (χ1n) is 5.65. The van der Waals surface area contributed by atoms with Crippen molar-refractivity contribution in [2.75, 3.05) is 30.3 Å². The maximum Gasteiger partial charge on any atom is 0.248 e. The molecule has 1 aromatic rings. The van der Waals surface area contributed by atoms with Gasteiger partial charge in [-0.2, -0.15) is 0 Å². The van der Waals surface area contributed by atoms with Gasteiger partial charge in [0.2, 0.25) is 5.91 Å². The molecular weight excluding hydrogens is 218 g/mol. The number of primary amides is 1. The van der Waals surface area contributed by atoms with Gasteiger partial charge in [-0.1, -0.05) is 0 Å². The molecule has 5 N–H and O–H groups in total. The molecule has 1 aromatic carbocycles. The number of nitrogen functional groups attached to an aromatic ring is 1. The zero-order chi connectivity index (χ0) is 12.8. The van der Waals surface area contributed by atoms with Crippen LogP contribution in [0.2, 0.25) is 0 Å². The number of hydrogen-bond acceptors (Lipinski definition) is 4. The minimum Gasteiger partial charge on any atom is -0.397 e. The fraction of sp³-hybridized carbons (Fsp3) is 0.417. The number of carbonyl (C=O) groups is 1. The molecule has 5 nitrogen and oxygen atoms in total. The summed E-state index contributed by atoms with van der Waals surface area (Å²) in [7, 11) is 0. The van der Waals surface area contributed by atoms with E-state index >= 15 is 0 Å². The average molecular weight is 237 g/mol. The molecule has 0 atom stereocenters. The van der Waals surface area contributed by atoms with Crippen molar-refractivity contribution in [1.82, 2.24) is 0 Å². The van der Waals surface area contributed by atoms with E-state index in [4.69, 9.17) is 16.6 Å². The molecule has 0 heterocycles. The molecule has 0 saturated carbocycles. The Morgan fingerprint density at radius 2 is 2.18 bits per heavy atom. The van der Waals surface area contributed by atoms with E-state index in [0.29, 0.717) is 17.7 Å². The van der Waals surface area contributed by atoms with Gasteiger partial charge in [0, 0.05) is 25.3 Å². The predicted molar refractivity (Wildman–Crippen MR) is 69.0 cm³/mol. The predicted octanol–water partition coefficient (Wildman–Crippen LogP) is 0.576. The van der Waals surface area contributed by atoms with Crippen LogP contribution in [0.5, 0.6) is 0 Å². The Morgan fingerprint density at radius 1 is 1.47 bits per heavy atom. The van der Waals surface area contributed by atoms with Crippen molar-refractivity contribution in [2.24, 2.45) is 5.73 Å². The highest BCUT2D eigenvalue weighted by Crippen LogP contribution is 2.24. The first-order valence-corrected chi connectivity index (χ1v) is 5.65. The highest BCUT2D eigenvalue weighted by atomic mass is 16.3. The highest BCUT2D eigenvalue weighted by Gasteiger charge is 2.10. The van der Waals surface area contributed by atoms with E-state index in [0.717, 1.165) is 18.8 Å². The minimum atomic E-state index is -0.485. The number of hydrogen-bond donors (Lipinski definition) is 3. The summed E-state index contributed by atoms with van der Waals surface area (Å²) >= 11 is 0. The number of aliphatic hydroxyl groups is 1. The molecule has 0 saturated heterocycles. The van der Waals surface area contributed by atoms with E-state index in [2.05, 4.69) is 4.90 Å². The molecule has 0 aliphatic rings. The normalized spacial score (nSPS) is 10.2. The van der Waals surface area contributed by atoms with Crippen LogP contribution >= 0.6 is 0 Å². The molecule has 0 radical (unpaired) electrons. The summed E-state index contributed by atoms with van der Waals surface area (Å²) in [5.41, 5.74) is 12.9. The van der Waals surface area contributed by atoms with Gasteiger partial charge in [0.05, 0.1) is 11.4 Å². The second kappa shape index (κ2) is 6.10. The highest BCUT2D eigenvalue weighted by molar-refractivity contribution is 5.94. The fourth-order valence-electron chi connectivity index (χ4n) is 1.71. The number of nitrogens with zero attached hydrogens (tertiary/aromatic N) is 1. The van der Waals surface area contributed by atoms with Gasteiger partial charge in [-0.05, 0) is 31.5 Å². The van der Waals surface area contributed by atoms with Gasteiger partial charge in [0.15, 0.2) is 0 Å². The van der Waals surface area contributed by atoms with Crippen molar-refractivity contribution in [1.29, 1.82) is 0 Å². The zero-order valence-corrected chi connectivity index (χ0v) is 10.0. The molecule has 0 aromatic heterocycles. The summed E-state index contributed by atoms with van der Waals surface area (Å²) in [6.45, 7) is 3.68. The van der Waals surface area contributed by atoms with E-state index in [-0.39, 0.29) is 6.61 Å². The minimum absolute atomic E-state index is 0.149. The van der Waals surface area contributed by atoms with E-state index in [1.165, 1.54) is 0 Å². The van der Waals surface area contributed by atoms with E-state index in [1.54, 1.807) is 18.2 Å². The van der Waals surface area contributed by atoms with Gasteiger partial charge in [0.25, 0.3) is 0 Å². The van der Waals surface area contributed by atoms with Crippen molar-refractivity contribution in [2.45, 2.75) is 13.3 Å². The fourth-order valence-corrected chi connectivity index (χ4v) is 1.71. The summed E-state index contributed by atoms with van der Waals surface area (Å²) in [6.07, 6.45) is 0.685. The number of rotatable bonds is 6. The maximum absolute atomic E-state index is 11.0. The summed E-state index contributed by atoms with van der Waals surface area (Å²) in [6, 6.07) is 5.03. The lowest BCUT2D eigenvalue weighted by atomic mass is 10.1. The van der Waals surface area contributed by atoms with Crippen LogP contribution in [0.1, 0.15) is 23.7 Å². The molecule has 0 bridgehead atoms. The van der Waals surface area contributed by atoms with Gasteiger partial charge in [-0.25, -0.2) is 0 Å². The van der Waals surface area contributed by atoms with Crippen LogP contribution in [0, 0.1) is 0 Å². The molecular formula is C12H19N3O2. The third kappa shape index (κ3) is 3.35. The molecule has 0 aliphatic carbocycles. The van der Waals surface area contributed by atoms with Crippen molar-refractivity contribution in [3.05, 3.63) is 23.8 Å². The van der Waals surface area contributed by atoms with Crippen LogP contribution in [0.3, 0.4) is 0 Å². The van der Waals surface area contributed by atoms with Crippen molar-refractivity contribution >= 4 is 17.3 Å². The summed E-state index contributed by atoms with van der Waals surface area (Å²) in [5.74, 6) is -0.485. The summed E-state index contributed by atoms with van der Waals surface area (Å²) < 4.78 is 0. The lowest BCUT2D eigenvalue weighted by molar-refractivity contribution is 0.100. The second-order valence-electron chi connectivity index (χ2n) is 3.79. The molecule has 1 amide bonds. The Kier molecular flexibility index (Phi) is 4.78. The van der Waals surface area contributed by atoms with Crippen LogP contribution in [0.25, 0.3) is 0 Å². The van der Waals surface area contributed by atoms with E-state index < -0.39 is 5.91 Å². The first-order chi connectivity index (χ1) is 8.10. The van der Waals surface area contributed by atoms with E-state index in [9.17, 15) is 4.79 Å². The maximum atomic E-state index is 11.0. The zero-order valence-electron chi connectivity index (χ0n) is 10.0. The number of amides is 1. The lowest BCUT2D eigenvalue weighted by Crippen LogP contribution is -2.25. The Morgan fingerprint density at radius 3 is 2.65 bits per heavy atom. The molecule has 0 aliphatic heterocycles. The lowest BCUT2D eigenvalue weighted by Gasteiger charge is -2.24. The Balaban J connectivity index is 2.92. The number of anilines is 2. The topological polar surface area (TPSA) is 92.6 Å². The van der Waals surface area contributed by atoms with Gasteiger partial charge >= 0.3 is 0 Å². The molecule has 0 spiro atoms. The summed E-state index contributed by atoms with van der Waals surface area (Å²) in [4.78, 5) is 13.0. The SMILES string of the molecule is CCN(CCCO)c1ccc(C(N)=O)cc1N. The Bertz CT molecular complexity index is 393. The monoisotopic (exact) mass is 237 g/mol. The number of benzene rings is 1. The van der Waals surface area contributed by atoms with Gasteiger partial charge < -0.3 is 21.5 Å².